The Hall–Kier alpha value is -1.58. The van der Waals surface area contributed by atoms with Crippen molar-refractivity contribution in [3.63, 3.8) is 0 Å². The molecule has 0 saturated heterocycles. The number of nitro groups is 1. The van der Waals surface area contributed by atoms with Crippen molar-refractivity contribution in [1.29, 1.82) is 0 Å². The minimum Gasteiger partial charge on any atom is -0.490 e. The molecule has 0 unspecified atom stereocenters. The van der Waals surface area contributed by atoms with Crippen LogP contribution in [-0.2, 0) is 0 Å². The first-order valence-electron chi connectivity index (χ1n) is 7.17. The summed E-state index contributed by atoms with van der Waals surface area (Å²) in [6, 6.07) is 6.41. The summed E-state index contributed by atoms with van der Waals surface area (Å²) in [5.74, 6) is 0.745. The van der Waals surface area contributed by atoms with Crippen molar-refractivity contribution >= 4 is 5.69 Å². The number of benzene rings is 1. The van der Waals surface area contributed by atoms with Gasteiger partial charge in [-0.1, -0.05) is 25.7 Å². The van der Waals surface area contributed by atoms with Crippen LogP contribution in [0.1, 0.15) is 51.4 Å². The molecule has 0 aliphatic heterocycles. The molecule has 1 aromatic carbocycles. The van der Waals surface area contributed by atoms with E-state index in [1.54, 1.807) is 12.1 Å². The van der Waals surface area contributed by atoms with Crippen molar-refractivity contribution in [3.8, 4) is 5.75 Å². The molecule has 4 heteroatoms. The zero-order valence-electron chi connectivity index (χ0n) is 11.2. The maximum Gasteiger partial charge on any atom is 0.269 e. The summed E-state index contributed by atoms with van der Waals surface area (Å²) in [4.78, 5) is 10.2. The third-order valence-corrected chi connectivity index (χ3v) is 3.65. The standard InChI is InChI=1S/C15H21NO3/c17-16(18)13-9-11-15(12-10-13)19-14-7-5-3-1-2-4-6-8-14/h9-12,14H,1-8H2. The highest BCUT2D eigenvalue weighted by Crippen LogP contribution is 2.23. The van der Waals surface area contributed by atoms with E-state index in [4.69, 9.17) is 4.74 Å². The number of hydrogen-bond donors (Lipinski definition) is 0. The van der Waals surface area contributed by atoms with Gasteiger partial charge in [0.1, 0.15) is 5.75 Å². The molecule has 1 aliphatic rings. The van der Waals surface area contributed by atoms with E-state index in [-0.39, 0.29) is 16.7 Å². The molecule has 4 nitrogen and oxygen atoms in total. The molecule has 19 heavy (non-hydrogen) atoms. The van der Waals surface area contributed by atoms with Crippen LogP contribution in [0.2, 0.25) is 0 Å². The van der Waals surface area contributed by atoms with Crippen molar-refractivity contribution < 1.29 is 9.66 Å². The number of nitrogens with zero attached hydrogens (tertiary/aromatic N) is 1. The van der Waals surface area contributed by atoms with Crippen LogP contribution in [0.4, 0.5) is 5.69 Å². The smallest absolute Gasteiger partial charge is 0.269 e. The lowest BCUT2D eigenvalue weighted by Gasteiger charge is -2.18. The summed E-state index contributed by atoms with van der Waals surface area (Å²) in [5, 5.41) is 10.6. The molecule has 0 radical (unpaired) electrons. The maximum atomic E-state index is 10.6. The van der Waals surface area contributed by atoms with E-state index < -0.39 is 0 Å². The van der Waals surface area contributed by atoms with E-state index >= 15 is 0 Å². The molecule has 1 saturated carbocycles. The first-order valence-corrected chi connectivity index (χ1v) is 7.17. The van der Waals surface area contributed by atoms with Gasteiger partial charge in [0, 0.05) is 12.1 Å². The Labute approximate surface area is 113 Å². The van der Waals surface area contributed by atoms with Crippen LogP contribution < -0.4 is 4.74 Å². The van der Waals surface area contributed by atoms with Gasteiger partial charge in [0.15, 0.2) is 0 Å². The van der Waals surface area contributed by atoms with Gasteiger partial charge in [0.05, 0.1) is 11.0 Å². The molecular weight excluding hydrogens is 242 g/mol. The molecule has 0 bridgehead atoms. The fraction of sp³-hybridized carbons (Fsp3) is 0.600. The molecular formula is C15H21NO3. The summed E-state index contributed by atoms with van der Waals surface area (Å²) < 4.78 is 5.96. The highest BCUT2D eigenvalue weighted by atomic mass is 16.6. The zero-order valence-corrected chi connectivity index (χ0v) is 11.2. The van der Waals surface area contributed by atoms with Crippen LogP contribution in [0.3, 0.4) is 0 Å². The van der Waals surface area contributed by atoms with Crippen molar-refractivity contribution in [2.45, 2.75) is 57.5 Å². The van der Waals surface area contributed by atoms with Crippen LogP contribution >= 0.6 is 0 Å². The van der Waals surface area contributed by atoms with Gasteiger partial charge in [-0.25, -0.2) is 0 Å². The summed E-state index contributed by atoms with van der Waals surface area (Å²) >= 11 is 0. The molecule has 1 fully saturated rings. The lowest BCUT2D eigenvalue weighted by Crippen LogP contribution is -2.16. The van der Waals surface area contributed by atoms with Crippen LogP contribution in [0.25, 0.3) is 0 Å². The monoisotopic (exact) mass is 263 g/mol. The zero-order chi connectivity index (χ0) is 13.5. The molecule has 0 aromatic heterocycles. The minimum absolute atomic E-state index is 0.113. The van der Waals surface area contributed by atoms with Gasteiger partial charge in [0.25, 0.3) is 5.69 Å². The highest BCUT2D eigenvalue weighted by Gasteiger charge is 2.13. The second kappa shape index (κ2) is 7.12. The van der Waals surface area contributed by atoms with Crippen LogP contribution in [0, 0.1) is 10.1 Å². The summed E-state index contributed by atoms with van der Waals surface area (Å²) in [5.41, 5.74) is 0.113. The molecule has 0 N–H and O–H groups in total. The van der Waals surface area contributed by atoms with E-state index in [1.165, 1.54) is 50.7 Å². The number of ether oxygens (including phenoxy) is 1. The topological polar surface area (TPSA) is 52.4 Å². The van der Waals surface area contributed by atoms with Gasteiger partial charge in [0.2, 0.25) is 0 Å². The molecule has 2 rings (SSSR count). The summed E-state index contributed by atoms with van der Waals surface area (Å²) in [6.45, 7) is 0. The quantitative estimate of drug-likeness (QED) is 0.597. The largest absolute Gasteiger partial charge is 0.490 e. The predicted octanol–water partition coefficient (Wildman–Crippen LogP) is 4.48. The molecule has 104 valence electrons. The van der Waals surface area contributed by atoms with E-state index in [2.05, 4.69) is 0 Å². The average Bonchev–Trinajstić information content (AvgIpc) is 2.53. The van der Waals surface area contributed by atoms with Gasteiger partial charge in [-0.05, 0) is 37.8 Å². The minimum atomic E-state index is -0.385. The third-order valence-electron chi connectivity index (χ3n) is 3.65. The Balaban J connectivity index is 1.92. The number of nitro benzene ring substituents is 1. The number of non-ortho nitro benzene ring substituents is 1. The molecule has 0 atom stereocenters. The molecule has 1 aliphatic carbocycles. The fourth-order valence-electron chi connectivity index (χ4n) is 2.55. The Kier molecular flexibility index (Phi) is 5.19. The van der Waals surface area contributed by atoms with E-state index in [0.717, 1.165) is 18.6 Å². The maximum absolute atomic E-state index is 10.6. The third kappa shape index (κ3) is 4.54. The molecule has 0 amide bonds. The van der Waals surface area contributed by atoms with Gasteiger partial charge in [-0.2, -0.15) is 0 Å². The lowest BCUT2D eigenvalue weighted by atomic mass is 10.1. The summed E-state index contributed by atoms with van der Waals surface area (Å²) in [7, 11) is 0. The van der Waals surface area contributed by atoms with Crippen LogP contribution in [-0.4, -0.2) is 11.0 Å². The Morgan fingerprint density at radius 1 is 0.947 bits per heavy atom. The van der Waals surface area contributed by atoms with Gasteiger partial charge < -0.3 is 4.74 Å². The van der Waals surface area contributed by atoms with Crippen LogP contribution in [0.15, 0.2) is 24.3 Å². The summed E-state index contributed by atoms with van der Waals surface area (Å²) in [6.07, 6.45) is 10.2. The van der Waals surface area contributed by atoms with Crippen molar-refractivity contribution in [1.82, 2.24) is 0 Å². The molecule has 1 aromatic rings. The second-order valence-corrected chi connectivity index (χ2v) is 5.19. The Bertz CT molecular complexity index is 392. The normalized spacial score (nSPS) is 18.1. The van der Waals surface area contributed by atoms with Crippen molar-refractivity contribution in [2.24, 2.45) is 0 Å². The van der Waals surface area contributed by atoms with Crippen molar-refractivity contribution in [2.75, 3.05) is 0 Å². The first-order chi connectivity index (χ1) is 9.25. The van der Waals surface area contributed by atoms with Gasteiger partial charge >= 0.3 is 0 Å². The highest BCUT2D eigenvalue weighted by molar-refractivity contribution is 5.36. The second-order valence-electron chi connectivity index (χ2n) is 5.19. The Morgan fingerprint density at radius 2 is 1.47 bits per heavy atom. The van der Waals surface area contributed by atoms with Gasteiger partial charge in [-0.15, -0.1) is 0 Å². The van der Waals surface area contributed by atoms with E-state index in [9.17, 15) is 10.1 Å². The lowest BCUT2D eigenvalue weighted by molar-refractivity contribution is -0.384. The molecule has 0 heterocycles. The van der Waals surface area contributed by atoms with E-state index in [1.807, 2.05) is 0 Å². The average molecular weight is 263 g/mol. The van der Waals surface area contributed by atoms with Crippen molar-refractivity contribution in [3.05, 3.63) is 34.4 Å². The SMILES string of the molecule is O=[N+]([O-])c1ccc(OC2CCCCCCCC2)cc1. The number of hydrogen-bond acceptors (Lipinski definition) is 3. The van der Waals surface area contributed by atoms with Crippen LogP contribution in [0.5, 0.6) is 5.75 Å². The first kappa shape index (κ1) is 13.8. The van der Waals surface area contributed by atoms with E-state index in [0.29, 0.717) is 0 Å². The van der Waals surface area contributed by atoms with Gasteiger partial charge in [-0.3, -0.25) is 10.1 Å². The Morgan fingerprint density at radius 3 is 2.00 bits per heavy atom. The number of rotatable bonds is 3. The molecule has 0 spiro atoms. The predicted molar refractivity (Wildman–Crippen MR) is 74.4 cm³/mol. The fourth-order valence-corrected chi connectivity index (χ4v) is 2.55.